The molecular weight excluding hydrogens is 332 g/mol. The molecule has 0 aromatic carbocycles. The molecule has 0 spiro atoms. The number of aryl methyl sites for hydroxylation is 1. The largest absolute Gasteiger partial charge is 0.293 e. The molecule has 0 unspecified atom stereocenters. The zero-order valence-corrected chi connectivity index (χ0v) is 13.0. The number of carbonyl (C=O) groups is 2. The maximum atomic E-state index is 11.9. The molecular formula is C13H11BrO2S2. The number of thiophene rings is 2. The van der Waals surface area contributed by atoms with Gasteiger partial charge in [0.05, 0.1) is 9.75 Å². The van der Waals surface area contributed by atoms with Gasteiger partial charge in [0.2, 0.25) is 0 Å². The highest BCUT2D eigenvalue weighted by molar-refractivity contribution is 9.10. The summed E-state index contributed by atoms with van der Waals surface area (Å²) in [5.74, 6) is 0.0874. The number of Topliss-reactive ketones (excluding diaryl/α,β-unsaturated/α-hetero) is 2. The molecule has 0 aliphatic carbocycles. The van der Waals surface area contributed by atoms with Gasteiger partial charge >= 0.3 is 0 Å². The third kappa shape index (κ3) is 3.37. The Morgan fingerprint density at radius 3 is 2.06 bits per heavy atom. The topological polar surface area (TPSA) is 34.1 Å². The number of halogens is 1. The summed E-state index contributed by atoms with van der Waals surface area (Å²) in [7, 11) is 0. The molecule has 0 amide bonds. The van der Waals surface area contributed by atoms with Crippen molar-refractivity contribution in [2.24, 2.45) is 0 Å². The Bertz CT molecular complexity index is 531. The van der Waals surface area contributed by atoms with E-state index in [1.54, 1.807) is 6.07 Å². The fourth-order valence-electron chi connectivity index (χ4n) is 1.51. The predicted molar refractivity (Wildman–Crippen MR) is 79.0 cm³/mol. The van der Waals surface area contributed by atoms with E-state index in [4.69, 9.17) is 0 Å². The molecule has 0 bridgehead atoms. The Morgan fingerprint density at radius 1 is 1.06 bits per heavy atom. The van der Waals surface area contributed by atoms with Gasteiger partial charge in [-0.2, -0.15) is 0 Å². The van der Waals surface area contributed by atoms with Crippen LogP contribution in [-0.4, -0.2) is 11.6 Å². The molecule has 2 rings (SSSR count). The number of hydrogen-bond donors (Lipinski definition) is 0. The van der Waals surface area contributed by atoms with Crippen LogP contribution >= 0.6 is 38.6 Å². The van der Waals surface area contributed by atoms with Crippen molar-refractivity contribution in [3.63, 3.8) is 0 Å². The second-order valence-electron chi connectivity index (χ2n) is 3.96. The second-order valence-corrected chi connectivity index (χ2v) is 6.70. The van der Waals surface area contributed by atoms with Gasteiger partial charge in [-0.15, -0.1) is 22.7 Å². The Labute approximate surface area is 122 Å². The first kappa shape index (κ1) is 13.6. The maximum absolute atomic E-state index is 11.9. The fourth-order valence-corrected chi connectivity index (χ4v) is 3.78. The number of hydrogen-bond acceptors (Lipinski definition) is 4. The minimum absolute atomic E-state index is 0.0346. The van der Waals surface area contributed by atoms with Crippen LogP contribution in [0.5, 0.6) is 0 Å². The molecule has 2 nitrogen and oxygen atoms in total. The summed E-state index contributed by atoms with van der Waals surface area (Å²) < 4.78 is 0.913. The first-order chi connectivity index (χ1) is 8.56. The van der Waals surface area contributed by atoms with Crippen molar-refractivity contribution < 1.29 is 9.59 Å². The van der Waals surface area contributed by atoms with Crippen LogP contribution in [0.1, 0.15) is 37.7 Å². The van der Waals surface area contributed by atoms with Crippen molar-refractivity contribution in [1.29, 1.82) is 0 Å². The van der Waals surface area contributed by atoms with Gasteiger partial charge in [0.15, 0.2) is 11.6 Å². The molecule has 2 heterocycles. The molecule has 0 radical (unpaired) electrons. The van der Waals surface area contributed by atoms with Gasteiger partial charge in [-0.05, 0) is 45.9 Å². The lowest BCUT2D eigenvalue weighted by atomic mass is 10.1. The molecule has 2 aromatic heterocycles. The van der Waals surface area contributed by atoms with Gasteiger partial charge < -0.3 is 0 Å². The Balaban J connectivity index is 1.92. The second kappa shape index (κ2) is 5.91. The molecule has 0 saturated heterocycles. The first-order valence-electron chi connectivity index (χ1n) is 5.42. The molecule has 0 aliphatic heterocycles. The average molecular weight is 343 g/mol. The summed E-state index contributed by atoms with van der Waals surface area (Å²) in [5.41, 5.74) is 1.09. The smallest absolute Gasteiger partial charge is 0.173 e. The van der Waals surface area contributed by atoms with Crippen molar-refractivity contribution in [1.82, 2.24) is 0 Å². The van der Waals surface area contributed by atoms with E-state index >= 15 is 0 Å². The highest BCUT2D eigenvalue weighted by Crippen LogP contribution is 2.22. The zero-order chi connectivity index (χ0) is 13.1. The molecule has 0 saturated carbocycles. The van der Waals surface area contributed by atoms with Crippen LogP contribution in [0.3, 0.4) is 0 Å². The monoisotopic (exact) mass is 342 g/mol. The van der Waals surface area contributed by atoms with E-state index in [1.165, 1.54) is 22.7 Å². The average Bonchev–Trinajstić information content (AvgIpc) is 2.94. The Morgan fingerprint density at radius 2 is 1.61 bits per heavy atom. The predicted octanol–water partition coefficient (Wildman–Crippen LogP) is 4.73. The number of rotatable bonds is 5. The Kier molecular flexibility index (Phi) is 4.48. The summed E-state index contributed by atoms with van der Waals surface area (Å²) in [5, 5.41) is 3.82. The molecule has 18 heavy (non-hydrogen) atoms. The van der Waals surface area contributed by atoms with E-state index in [-0.39, 0.29) is 24.4 Å². The van der Waals surface area contributed by atoms with Crippen LogP contribution < -0.4 is 0 Å². The summed E-state index contributed by atoms with van der Waals surface area (Å²) in [6, 6.07) is 3.67. The lowest BCUT2D eigenvalue weighted by Crippen LogP contribution is -2.02. The molecule has 2 aromatic rings. The van der Waals surface area contributed by atoms with Gasteiger partial charge in [0.25, 0.3) is 0 Å². The van der Waals surface area contributed by atoms with Crippen molar-refractivity contribution in [3.05, 3.63) is 42.7 Å². The van der Waals surface area contributed by atoms with Crippen molar-refractivity contribution in [2.75, 3.05) is 0 Å². The van der Waals surface area contributed by atoms with Gasteiger partial charge in [0.1, 0.15) is 0 Å². The highest BCUT2D eigenvalue weighted by Gasteiger charge is 2.13. The van der Waals surface area contributed by atoms with Gasteiger partial charge in [0, 0.05) is 22.7 Å². The van der Waals surface area contributed by atoms with E-state index in [0.29, 0.717) is 4.88 Å². The van der Waals surface area contributed by atoms with E-state index in [1.807, 2.05) is 23.8 Å². The van der Waals surface area contributed by atoms with Gasteiger partial charge in [-0.1, -0.05) is 0 Å². The minimum Gasteiger partial charge on any atom is -0.293 e. The lowest BCUT2D eigenvalue weighted by Gasteiger charge is -1.97. The molecule has 0 aliphatic rings. The van der Waals surface area contributed by atoms with E-state index < -0.39 is 0 Å². The quantitative estimate of drug-likeness (QED) is 0.736. The van der Waals surface area contributed by atoms with Gasteiger partial charge in [-0.3, -0.25) is 9.59 Å². The summed E-state index contributed by atoms with van der Waals surface area (Å²) in [4.78, 5) is 25.1. The molecule has 5 heteroatoms. The van der Waals surface area contributed by atoms with Crippen LogP contribution in [-0.2, 0) is 0 Å². The van der Waals surface area contributed by atoms with Crippen molar-refractivity contribution >= 4 is 50.2 Å². The molecule has 0 fully saturated rings. The Hall–Kier alpha value is -0.780. The molecule has 0 atom stereocenters. The van der Waals surface area contributed by atoms with E-state index in [0.717, 1.165) is 14.9 Å². The number of carbonyl (C=O) groups excluding carboxylic acids is 2. The van der Waals surface area contributed by atoms with Crippen LogP contribution in [0, 0.1) is 6.92 Å². The first-order valence-corrected chi connectivity index (χ1v) is 7.97. The van der Waals surface area contributed by atoms with Crippen LogP contribution in [0.2, 0.25) is 0 Å². The third-order valence-corrected chi connectivity index (χ3v) is 5.25. The molecule has 0 N–H and O–H groups in total. The zero-order valence-electron chi connectivity index (χ0n) is 9.73. The van der Waals surface area contributed by atoms with Crippen molar-refractivity contribution in [3.8, 4) is 0 Å². The lowest BCUT2D eigenvalue weighted by molar-refractivity contribution is 0.0921. The fraction of sp³-hybridized carbons (Fsp3) is 0.231. The summed E-state index contributed by atoms with van der Waals surface area (Å²) >= 11 is 6.16. The van der Waals surface area contributed by atoms with Crippen LogP contribution in [0.15, 0.2) is 27.4 Å². The SMILES string of the molecule is Cc1csc(C(=O)CCC(=O)c2cc(Br)cs2)c1. The van der Waals surface area contributed by atoms with Crippen LogP contribution in [0.25, 0.3) is 0 Å². The summed E-state index contributed by atoms with van der Waals surface area (Å²) in [6.45, 7) is 1.96. The normalized spacial score (nSPS) is 10.6. The van der Waals surface area contributed by atoms with E-state index in [2.05, 4.69) is 15.9 Å². The molecule has 94 valence electrons. The summed E-state index contributed by atoms with van der Waals surface area (Å²) in [6.07, 6.45) is 0.567. The number of ketones is 2. The minimum atomic E-state index is 0.0346. The van der Waals surface area contributed by atoms with Crippen LogP contribution in [0.4, 0.5) is 0 Å². The highest BCUT2D eigenvalue weighted by atomic mass is 79.9. The maximum Gasteiger partial charge on any atom is 0.173 e. The third-order valence-electron chi connectivity index (χ3n) is 2.43. The van der Waals surface area contributed by atoms with E-state index in [9.17, 15) is 9.59 Å². The van der Waals surface area contributed by atoms with Gasteiger partial charge in [-0.25, -0.2) is 0 Å². The van der Waals surface area contributed by atoms with Crippen molar-refractivity contribution in [2.45, 2.75) is 19.8 Å². The standard InChI is InChI=1S/C13H11BrO2S2/c1-8-4-12(17-6-8)10(15)2-3-11(16)13-5-9(14)7-18-13/h4-7H,2-3H2,1H3.